The lowest BCUT2D eigenvalue weighted by atomic mass is 9.98. The van der Waals surface area contributed by atoms with Crippen LogP contribution in [0.15, 0.2) is 10.6 Å². The second kappa shape index (κ2) is 5.14. The molecule has 2 amide bonds. The Bertz CT molecular complexity index is 520. The number of amides is 2. The van der Waals surface area contributed by atoms with Crippen molar-refractivity contribution in [1.82, 2.24) is 15.4 Å². The average Bonchev–Trinajstić information content (AvgIpc) is 2.70. The second-order valence-electron chi connectivity index (χ2n) is 4.56. The van der Waals surface area contributed by atoms with Gasteiger partial charge in [-0.25, -0.2) is 0 Å². The number of likely N-dealkylation sites (tertiary alicyclic amines) is 1. The van der Waals surface area contributed by atoms with E-state index in [1.54, 1.807) is 12.2 Å². The van der Waals surface area contributed by atoms with Gasteiger partial charge in [0, 0.05) is 19.2 Å². The predicted molar refractivity (Wildman–Crippen MR) is 59.7 cm³/mol. The maximum atomic E-state index is 11.9. The summed E-state index contributed by atoms with van der Waals surface area (Å²) in [4.78, 5) is 24.5. The summed E-state index contributed by atoms with van der Waals surface area (Å²) in [5.41, 5.74) is 0.122. The Morgan fingerprint density at radius 2 is 2.15 bits per heavy atom. The Morgan fingerprint density at radius 1 is 1.50 bits per heavy atom. The van der Waals surface area contributed by atoms with E-state index in [1.165, 1.54) is 11.0 Å². The molecule has 20 heavy (non-hydrogen) atoms. The lowest BCUT2D eigenvalue weighted by Crippen LogP contribution is -2.56. The fourth-order valence-corrected chi connectivity index (χ4v) is 1.77. The molecule has 1 aliphatic rings. The van der Waals surface area contributed by atoms with Gasteiger partial charge in [0.15, 0.2) is 5.69 Å². The van der Waals surface area contributed by atoms with Crippen molar-refractivity contribution < 1.29 is 27.3 Å². The molecular weight excluding hydrogens is 279 g/mol. The number of nitrogens with zero attached hydrogens (tertiary/aromatic N) is 2. The molecule has 1 aromatic rings. The Hall–Kier alpha value is -2.06. The molecule has 0 aromatic carbocycles. The molecule has 1 aliphatic heterocycles. The van der Waals surface area contributed by atoms with Crippen molar-refractivity contribution in [1.29, 1.82) is 0 Å². The van der Waals surface area contributed by atoms with Crippen LogP contribution in [-0.2, 0) is 4.79 Å². The number of carbonyl (C=O) groups is 2. The Balaban J connectivity index is 1.79. The number of aryl methyl sites for hydroxylation is 1. The summed E-state index contributed by atoms with van der Waals surface area (Å²) in [6.07, 6.45) is -4.44. The van der Waals surface area contributed by atoms with Crippen LogP contribution >= 0.6 is 0 Å². The molecule has 1 aromatic heterocycles. The van der Waals surface area contributed by atoms with Crippen molar-refractivity contribution in [3.05, 3.63) is 17.5 Å². The molecule has 0 unspecified atom stereocenters. The highest BCUT2D eigenvalue weighted by Gasteiger charge is 2.38. The number of hydrogen-bond donors (Lipinski definition) is 1. The molecule has 0 aliphatic carbocycles. The van der Waals surface area contributed by atoms with E-state index in [1.807, 2.05) is 0 Å². The van der Waals surface area contributed by atoms with Gasteiger partial charge in [-0.15, -0.1) is 0 Å². The van der Waals surface area contributed by atoms with Gasteiger partial charge in [-0.05, 0) is 6.92 Å². The molecule has 0 bridgehead atoms. The van der Waals surface area contributed by atoms with Gasteiger partial charge in [-0.2, -0.15) is 13.2 Å². The molecule has 0 saturated carbocycles. The normalized spacial score (nSPS) is 15.9. The molecule has 9 heteroatoms. The van der Waals surface area contributed by atoms with Gasteiger partial charge in [0.05, 0.1) is 5.92 Å². The highest BCUT2D eigenvalue weighted by Crippen LogP contribution is 2.19. The first kappa shape index (κ1) is 14.4. The van der Waals surface area contributed by atoms with Crippen molar-refractivity contribution in [2.45, 2.75) is 13.1 Å². The third-order valence-corrected chi connectivity index (χ3v) is 2.85. The van der Waals surface area contributed by atoms with Gasteiger partial charge in [0.2, 0.25) is 5.91 Å². The first-order valence-corrected chi connectivity index (χ1v) is 5.83. The standard InChI is InChI=1S/C11H12F3N3O3/c1-6-2-8(16-20-6)10(19)17-3-7(4-17)9(18)15-5-11(12,13)14/h2,7H,3-5H2,1H3,(H,15,18). The highest BCUT2D eigenvalue weighted by atomic mass is 19.4. The molecular formula is C11H12F3N3O3. The number of halogens is 3. The van der Waals surface area contributed by atoms with E-state index in [-0.39, 0.29) is 18.8 Å². The third kappa shape index (κ3) is 3.28. The van der Waals surface area contributed by atoms with Gasteiger partial charge >= 0.3 is 6.18 Å². The van der Waals surface area contributed by atoms with E-state index in [0.717, 1.165) is 0 Å². The molecule has 0 atom stereocenters. The van der Waals surface area contributed by atoms with E-state index in [2.05, 4.69) is 5.16 Å². The van der Waals surface area contributed by atoms with E-state index >= 15 is 0 Å². The summed E-state index contributed by atoms with van der Waals surface area (Å²) in [6, 6.07) is 1.46. The molecule has 2 heterocycles. The van der Waals surface area contributed by atoms with Crippen molar-refractivity contribution in [2.75, 3.05) is 19.6 Å². The second-order valence-corrected chi connectivity index (χ2v) is 4.56. The number of hydrogen-bond acceptors (Lipinski definition) is 4. The van der Waals surface area contributed by atoms with E-state index in [9.17, 15) is 22.8 Å². The smallest absolute Gasteiger partial charge is 0.361 e. The zero-order chi connectivity index (χ0) is 14.9. The average molecular weight is 291 g/mol. The van der Waals surface area contributed by atoms with Crippen LogP contribution in [0.25, 0.3) is 0 Å². The van der Waals surface area contributed by atoms with E-state index in [0.29, 0.717) is 5.76 Å². The Morgan fingerprint density at radius 3 is 2.65 bits per heavy atom. The lowest BCUT2D eigenvalue weighted by Gasteiger charge is -2.37. The molecule has 0 radical (unpaired) electrons. The van der Waals surface area contributed by atoms with Crippen LogP contribution in [0.5, 0.6) is 0 Å². The Kier molecular flexibility index (Phi) is 3.69. The predicted octanol–water partition coefficient (Wildman–Crippen LogP) is 0.734. The van der Waals surface area contributed by atoms with E-state index < -0.39 is 30.5 Å². The zero-order valence-electron chi connectivity index (χ0n) is 10.5. The minimum atomic E-state index is -4.44. The molecule has 0 spiro atoms. The van der Waals surface area contributed by atoms with Gasteiger partial charge in [-0.3, -0.25) is 9.59 Å². The number of carbonyl (C=O) groups excluding carboxylic acids is 2. The Labute approximate surface area is 111 Å². The number of alkyl halides is 3. The van der Waals surface area contributed by atoms with Crippen molar-refractivity contribution >= 4 is 11.8 Å². The van der Waals surface area contributed by atoms with Crippen LogP contribution in [0.1, 0.15) is 16.2 Å². The van der Waals surface area contributed by atoms with Gasteiger partial charge in [0.1, 0.15) is 12.3 Å². The topological polar surface area (TPSA) is 75.4 Å². The van der Waals surface area contributed by atoms with Gasteiger partial charge in [0.25, 0.3) is 5.91 Å². The van der Waals surface area contributed by atoms with Crippen LogP contribution in [0.2, 0.25) is 0 Å². The van der Waals surface area contributed by atoms with Crippen LogP contribution in [0.3, 0.4) is 0 Å². The zero-order valence-corrected chi connectivity index (χ0v) is 10.5. The fraction of sp³-hybridized carbons (Fsp3) is 0.545. The van der Waals surface area contributed by atoms with Gasteiger partial charge < -0.3 is 14.7 Å². The molecule has 110 valence electrons. The summed E-state index contributed by atoms with van der Waals surface area (Å²) in [5.74, 6) is -1.24. The maximum Gasteiger partial charge on any atom is 0.405 e. The molecule has 1 N–H and O–H groups in total. The van der Waals surface area contributed by atoms with Gasteiger partial charge in [-0.1, -0.05) is 5.16 Å². The number of nitrogens with one attached hydrogen (secondary N) is 1. The third-order valence-electron chi connectivity index (χ3n) is 2.85. The van der Waals surface area contributed by atoms with Crippen LogP contribution in [0.4, 0.5) is 13.2 Å². The number of aromatic nitrogens is 1. The summed E-state index contributed by atoms with van der Waals surface area (Å²) >= 11 is 0. The SMILES string of the molecule is Cc1cc(C(=O)N2CC(C(=O)NCC(F)(F)F)C2)no1. The lowest BCUT2D eigenvalue weighted by molar-refractivity contribution is -0.143. The van der Waals surface area contributed by atoms with Crippen molar-refractivity contribution in [2.24, 2.45) is 5.92 Å². The maximum absolute atomic E-state index is 11.9. The largest absolute Gasteiger partial charge is 0.405 e. The summed E-state index contributed by atoms with van der Waals surface area (Å²) in [6.45, 7) is 0.425. The van der Waals surface area contributed by atoms with Crippen molar-refractivity contribution in [3.8, 4) is 0 Å². The first-order chi connectivity index (χ1) is 9.26. The molecule has 2 rings (SSSR count). The van der Waals surface area contributed by atoms with E-state index in [4.69, 9.17) is 4.52 Å². The summed E-state index contributed by atoms with van der Waals surface area (Å²) < 4.78 is 40.5. The van der Waals surface area contributed by atoms with Crippen LogP contribution in [-0.4, -0.2) is 47.7 Å². The monoisotopic (exact) mass is 291 g/mol. The van der Waals surface area contributed by atoms with Crippen LogP contribution < -0.4 is 5.32 Å². The molecule has 6 nitrogen and oxygen atoms in total. The molecule has 1 saturated heterocycles. The molecule has 1 fully saturated rings. The number of rotatable bonds is 3. The highest BCUT2D eigenvalue weighted by molar-refractivity contribution is 5.94. The quantitative estimate of drug-likeness (QED) is 0.891. The fourth-order valence-electron chi connectivity index (χ4n) is 1.77. The minimum absolute atomic E-state index is 0.0778. The minimum Gasteiger partial charge on any atom is -0.361 e. The van der Waals surface area contributed by atoms with Crippen molar-refractivity contribution in [3.63, 3.8) is 0 Å². The summed E-state index contributed by atoms with van der Waals surface area (Å²) in [5, 5.41) is 5.33. The summed E-state index contributed by atoms with van der Waals surface area (Å²) in [7, 11) is 0. The first-order valence-electron chi connectivity index (χ1n) is 5.83. The van der Waals surface area contributed by atoms with Crippen LogP contribution in [0, 0.1) is 12.8 Å².